The monoisotopic (exact) mass is 437 g/mol. The molecule has 6 rings (SSSR count). The van der Waals surface area contributed by atoms with E-state index in [1.165, 1.54) is 11.9 Å². The van der Waals surface area contributed by atoms with Gasteiger partial charge in [0.1, 0.15) is 41.8 Å². The fraction of sp³-hybridized carbons (Fsp3) is 0.318. The van der Waals surface area contributed by atoms with Gasteiger partial charge in [-0.15, -0.1) is 0 Å². The number of furan rings is 1. The summed E-state index contributed by atoms with van der Waals surface area (Å²) >= 11 is 6.48. The van der Waals surface area contributed by atoms with Crippen LogP contribution in [0.2, 0.25) is 5.02 Å². The summed E-state index contributed by atoms with van der Waals surface area (Å²) in [6, 6.07) is 5.50. The summed E-state index contributed by atoms with van der Waals surface area (Å²) in [5.74, 6) is 1.18. The summed E-state index contributed by atoms with van der Waals surface area (Å²) in [7, 11) is 1.97. The molecule has 1 unspecified atom stereocenters. The highest BCUT2D eigenvalue weighted by Crippen LogP contribution is 2.46. The van der Waals surface area contributed by atoms with Gasteiger partial charge in [0.15, 0.2) is 5.58 Å². The third-order valence-corrected chi connectivity index (χ3v) is 6.21. The minimum Gasteiger partial charge on any atom is -0.483 e. The van der Waals surface area contributed by atoms with Crippen LogP contribution >= 0.6 is 11.6 Å². The van der Waals surface area contributed by atoms with Gasteiger partial charge in [-0.3, -0.25) is 4.68 Å². The van der Waals surface area contributed by atoms with Gasteiger partial charge in [-0.25, -0.2) is 9.97 Å². The number of rotatable bonds is 3. The number of hydrogen-bond acceptors (Lipinski definition) is 7. The molecule has 8 nitrogen and oxygen atoms in total. The Labute approximate surface area is 182 Å². The largest absolute Gasteiger partial charge is 0.483 e. The second kappa shape index (κ2) is 7.05. The normalized spacial score (nSPS) is 17.6. The van der Waals surface area contributed by atoms with Crippen LogP contribution in [-0.2, 0) is 33.0 Å². The first kappa shape index (κ1) is 18.8. The maximum absolute atomic E-state index is 9.46. The Hall–Kier alpha value is -2.94. The Bertz CT molecular complexity index is 1330. The molecule has 0 saturated carbocycles. The maximum atomic E-state index is 9.46. The van der Waals surface area contributed by atoms with Gasteiger partial charge in [-0.2, -0.15) is 5.10 Å². The van der Waals surface area contributed by atoms with Crippen LogP contribution in [0.15, 0.2) is 28.9 Å². The minimum atomic E-state index is -0.207. The third kappa shape index (κ3) is 2.94. The summed E-state index contributed by atoms with van der Waals surface area (Å²) in [4.78, 5) is 8.73. The zero-order valence-electron chi connectivity index (χ0n) is 16.9. The molecule has 0 radical (unpaired) electrons. The average molecular weight is 438 g/mol. The van der Waals surface area contributed by atoms with Gasteiger partial charge in [0, 0.05) is 60.8 Å². The van der Waals surface area contributed by atoms with Crippen LogP contribution in [0, 0.1) is 0 Å². The Morgan fingerprint density at radius 3 is 3.06 bits per heavy atom. The van der Waals surface area contributed by atoms with Gasteiger partial charge < -0.3 is 19.6 Å². The molecule has 158 valence electrons. The van der Waals surface area contributed by atoms with E-state index in [4.69, 9.17) is 25.9 Å². The highest BCUT2D eigenvalue weighted by atomic mass is 35.5. The number of aryl methyl sites for hydroxylation is 1. The summed E-state index contributed by atoms with van der Waals surface area (Å²) in [6.45, 7) is 1.53. The van der Waals surface area contributed by atoms with Crippen molar-refractivity contribution in [3.8, 4) is 17.0 Å². The molecule has 0 spiro atoms. The standard InChI is InChI=1S/C22H20ClN5O3/c1-28-20(15-8-24-3-2-16(15)27-28)18-5-11-4-12(23)6-14(21(11)31-18)19-22-17(25-10-26-19)7-13(9-29)30-22/h4,6-7,10,18,24,29H,2-3,5,8-9H2,1H3. The fourth-order valence-electron chi connectivity index (χ4n) is 4.68. The zero-order valence-corrected chi connectivity index (χ0v) is 17.6. The van der Waals surface area contributed by atoms with Gasteiger partial charge in [-0.1, -0.05) is 11.6 Å². The lowest BCUT2D eigenvalue weighted by Gasteiger charge is -2.17. The number of aliphatic hydroxyl groups excluding tert-OH is 1. The summed E-state index contributed by atoms with van der Waals surface area (Å²) in [5, 5.41) is 18.2. The third-order valence-electron chi connectivity index (χ3n) is 5.99. The molecule has 9 heteroatoms. The second-order valence-electron chi connectivity index (χ2n) is 7.92. The topological polar surface area (TPSA) is 98.2 Å². The molecule has 0 bridgehead atoms. The number of halogens is 1. The number of benzene rings is 1. The summed E-state index contributed by atoms with van der Waals surface area (Å²) in [5.41, 5.74) is 6.96. The van der Waals surface area contributed by atoms with E-state index >= 15 is 0 Å². The van der Waals surface area contributed by atoms with E-state index < -0.39 is 0 Å². The first-order valence-electron chi connectivity index (χ1n) is 10.2. The number of ether oxygens (including phenoxy) is 1. The van der Waals surface area contributed by atoms with Crippen molar-refractivity contribution in [3.63, 3.8) is 0 Å². The van der Waals surface area contributed by atoms with E-state index in [2.05, 4.69) is 15.3 Å². The molecule has 1 aromatic carbocycles. The number of aliphatic hydroxyl groups is 1. The van der Waals surface area contributed by atoms with Crippen LogP contribution in [0.25, 0.3) is 22.4 Å². The first-order chi connectivity index (χ1) is 15.1. The molecular weight excluding hydrogens is 418 g/mol. The van der Waals surface area contributed by atoms with E-state index in [0.29, 0.717) is 34.0 Å². The van der Waals surface area contributed by atoms with Crippen molar-refractivity contribution in [1.82, 2.24) is 25.1 Å². The van der Waals surface area contributed by atoms with Gasteiger partial charge in [0.25, 0.3) is 0 Å². The maximum Gasteiger partial charge on any atom is 0.179 e. The van der Waals surface area contributed by atoms with Crippen molar-refractivity contribution in [2.24, 2.45) is 7.05 Å². The molecule has 2 aliphatic heterocycles. The highest BCUT2D eigenvalue weighted by molar-refractivity contribution is 6.31. The van der Waals surface area contributed by atoms with E-state index in [9.17, 15) is 5.11 Å². The number of nitrogens with one attached hydrogen (secondary N) is 1. The lowest BCUT2D eigenvalue weighted by atomic mass is 9.99. The highest BCUT2D eigenvalue weighted by Gasteiger charge is 2.34. The quantitative estimate of drug-likeness (QED) is 0.508. The minimum absolute atomic E-state index is 0.157. The van der Waals surface area contributed by atoms with E-state index in [1.807, 2.05) is 23.9 Å². The van der Waals surface area contributed by atoms with Crippen molar-refractivity contribution in [3.05, 3.63) is 57.8 Å². The SMILES string of the molecule is Cn1nc2c(c1C1Cc3cc(Cl)cc(-c4ncnc5cc(CO)oc45)c3O1)CNCC2. The Morgan fingerprint density at radius 2 is 2.19 bits per heavy atom. The predicted molar refractivity (Wildman–Crippen MR) is 114 cm³/mol. The summed E-state index contributed by atoms with van der Waals surface area (Å²) in [6.07, 6.45) is 2.94. The number of hydrogen-bond donors (Lipinski definition) is 2. The average Bonchev–Trinajstić information content (AvgIpc) is 3.45. The molecule has 1 atom stereocenters. The number of aromatic nitrogens is 4. The van der Waals surface area contributed by atoms with Crippen LogP contribution in [0.5, 0.6) is 5.75 Å². The first-order valence-corrected chi connectivity index (χ1v) is 10.6. The molecule has 0 saturated heterocycles. The van der Waals surface area contributed by atoms with Gasteiger partial charge in [0.2, 0.25) is 0 Å². The van der Waals surface area contributed by atoms with Crippen molar-refractivity contribution in [1.29, 1.82) is 0 Å². The van der Waals surface area contributed by atoms with Crippen LogP contribution in [0.3, 0.4) is 0 Å². The van der Waals surface area contributed by atoms with Crippen LogP contribution < -0.4 is 10.1 Å². The lowest BCUT2D eigenvalue weighted by Crippen LogP contribution is -2.24. The van der Waals surface area contributed by atoms with Gasteiger partial charge in [-0.05, 0) is 12.1 Å². The number of nitrogens with zero attached hydrogens (tertiary/aromatic N) is 4. The molecule has 3 aromatic heterocycles. The smallest absolute Gasteiger partial charge is 0.179 e. The molecule has 4 aromatic rings. The predicted octanol–water partition coefficient (Wildman–Crippen LogP) is 3.09. The molecule has 2 aliphatic rings. The fourth-order valence-corrected chi connectivity index (χ4v) is 4.92. The van der Waals surface area contributed by atoms with Crippen molar-refractivity contribution >= 4 is 22.7 Å². The van der Waals surface area contributed by atoms with Crippen molar-refractivity contribution in [2.75, 3.05) is 6.54 Å². The second-order valence-corrected chi connectivity index (χ2v) is 8.36. The zero-order chi connectivity index (χ0) is 21.1. The van der Waals surface area contributed by atoms with Gasteiger partial charge in [0.05, 0.1) is 11.4 Å². The molecule has 0 amide bonds. The molecule has 5 heterocycles. The Morgan fingerprint density at radius 1 is 1.29 bits per heavy atom. The molecule has 2 N–H and O–H groups in total. The van der Waals surface area contributed by atoms with Crippen molar-refractivity contribution < 1.29 is 14.3 Å². The molecule has 0 fully saturated rings. The number of fused-ring (bicyclic) bond motifs is 3. The van der Waals surface area contributed by atoms with Crippen LogP contribution in [-0.4, -0.2) is 31.4 Å². The Balaban J connectivity index is 1.47. The molecular formula is C22H20ClN5O3. The van der Waals surface area contributed by atoms with Crippen molar-refractivity contribution in [2.45, 2.75) is 32.1 Å². The Kier molecular flexibility index (Phi) is 4.27. The molecule has 0 aliphatic carbocycles. The van der Waals surface area contributed by atoms with Crippen LogP contribution in [0.4, 0.5) is 0 Å². The van der Waals surface area contributed by atoms with E-state index in [0.717, 1.165) is 47.8 Å². The van der Waals surface area contributed by atoms with Gasteiger partial charge >= 0.3 is 0 Å². The van der Waals surface area contributed by atoms with E-state index in [-0.39, 0.29) is 12.7 Å². The molecule has 31 heavy (non-hydrogen) atoms. The van der Waals surface area contributed by atoms with E-state index in [1.54, 1.807) is 6.07 Å². The summed E-state index contributed by atoms with van der Waals surface area (Å²) < 4.78 is 14.3. The van der Waals surface area contributed by atoms with Crippen LogP contribution in [0.1, 0.15) is 34.4 Å². The lowest BCUT2D eigenvalue weighted by molar-refractivity contribution is 0.226.